The number of carbonyl (C=O) groups is 3. The number of rotatable bonds is 4. The smallest absolute Gasteiger partial charge is 0.319 e. The van der Waals surface area contributed by atoms with Crippen LogP contribution in [0, 0.1) is 5.41 Å². The second-order valence-corrected chi connectivity index (χ2v) is 10.2. The van der Waals surface area contributed by atoms with Gasteiger partial charge in [-0.25, -0.2) is 4.79 Å². The number of carbonyl (C=O) groups excluding carboxylic acids is 3. The van der Waals surface area contributed by atoms with Crippen LogP contribution in [0.25, 0.3) is 0 Å². The lowest BCUT2D eigenvalue weighted by Gasteiger charge is -2.43. The van der Waals surface area contributed by atoms with Crippen molar-refractivity contribution < 1.29 is 14.4 Å². The van der Waals surface area contributed by atoms with E-state index in [0.29, 0.717) is 30.3 Å². The van der Waals surface area contributed by atoms with E-state index in [-0.39, 0.29) is 17.9 Å². The van der Waals surface area contributed by atoms with Crippen LogP contribution in [0.2, 0.25) is 5.02 Å². The van der Waals surface area contributed by atoms with Gasteiger partial charge in [0.2, 0.25) is 11.8 Å². The number of hydrogen-bond acceptors (Lipinski definition) is 4. The maximum atomic E-state index is 13.3. The zero-order chi connectivity index (χ0) is 23.5. The Bertz CT molecular complexity index is 831. The van der Waals surface area contributed by atoms with Gasteiger partial charge in [-0.05, 0) is 49.6 Å². The highest BCUT2D eigenvalue weighted by Crippen LogP contribution is 2.25. The molecule has 9 heteroatoms. The molecule has 1 aromatic carbocycles. The molecule has 0 aliphatic carbocycles. The second-order valence-electron chi connectivity index (χ2n) is 9.79. The number of amides is 4. The van der Waals surface area contributed by atoms with Crippen molar-refractivity contribution in [3.05, 3.63) is 29.3 Å². The van der Waals surface area contributed by atoms with Crippen LogP contribution in [0.3, 0.4) is 0 Å². The molecule has 2 aliphatic heterocycles. The van der Waals surface area contributed by atoms with Crippen molar-refractivity contribution in [3.63, 3.8) is 0 Å². The molecule has 0 saturated carbocycles. The van der Waals surface area contributed by atoms with E-state index in [2.05, 4.69) is 10.6 Å². The second kappa shape index (κ2) is 10.1. The predicted molar refractivity (Wildman–Crippen MR) is 126 cm³/mol. The zero-order valence-corrected chi connectivity index (χ0v) is 20.1. The summed E-state index contributed by atoms with van der Waals surface area (Å²) < 4.78 is 0. The van der Waals surface area contributed by atoms with Gasteiger partial charge < -0.3 is 20.4 Å². The Morgan fingerprint density at radius 2 is 1.69 bits per heavy atom. The third kappa shape index (κ3) is 6.13. The van der Waals surface area contributed by atoms with Crippen molar-refractivity contribution in [2.45, 2.75) is 45.7 Å². The molecule has 8 nitrogen and oxygen atoms in total. The van der Waals surface area contributed by atoms with Crippen LogP contribution in [0.1, 0.15) is 33.6 Å². The van der Waals surface area contributed by atoms with Crippen molar-refractivity contribution in [1.29, 1.82) is 0 Å². The van der Waals surface area contributed by atoms with Crippen molar-refractivity contribution in [1.82, 2.24) is 20.0 Å². The maximum absolute atomic E-state index is 13.3. The van der Waals surface area contributed by atoms with E-state index >= 15 is 0 Å². The van der Waals surface area contributed by atoms with Gasteiger partial charge in [0.05, 0.1) is 6.54 Å². The number of likely N-dealkylation sites (N-methyl/N-ethyl adjacent to an activating group) is 1. The van der Waals surface area contributed by atoms with Gasteiger partial charge in [0.1, 0.15) is 6.04 Å². The third-order valence-corrected chi connectivity index (χ3v) is 6.41. The fraction of sp³-hybridized carbons (Fsp3) is 0.609. The van der Waals surface area contributed by atoms with Crippen molar-refractivity contribution >= 4 is 35.1 Å². The molecule has 176 valence electrons. The van der Waals surface area contributed by atoms with Gasteiger partial charge >= 0.3 is 6.03 Å². The first-order valence-electron chi connectivity index (χ1n) is 11.1. The summed E-state index contributed by atoms with van der Waals surface area (Å²) in [4.78, 5) is 44.1. The van der Waals surface area contributed by atoms with E-state index in [0.717, 1.165) is 25.9 Å². The SMILES string of the molecule is CN1CCN(C2CCN(C(=O)[C@H](NC(=O)Nc3ccc(Cl)cc3)C(C)(C)C)CC2)C(=O)C1. The van der Waals surface area contributed by atoms with Crippen LogP contribution < -0.4 is 10.6 Å². The number of nitrogens with one attached hydrogen (secondary N) is 2. The molecule has 32 heavy (non-hydrogen) atoms. The summed E-state index contributed by atoms with van der Waals surface area (Å²) in [5, 5.41) is 6.20. The van der Waals surface area contributed by atoms with Gasteiger partial charge in [0.25, 0.3) is 0 Å². The maximum Gasteiger partial charge on any atom is 0.319 e. The van der Waals surface area contributed by atoms with Crippen LogP contribution in [-0.4, -0.2) is 84.4 Å². The first kappa shape index (κ1) is 24.3. The number of anilines is 1. The standard InChI is InChI=1S/C23H34ClN5O3/c1-23(2,3)20(26-22(32)25-17-7-5-16(24)6-8-17)21(31)28-11-9-18(10-12-28)29-14-13-27(4)15-19(29)30/h5-8,18,20H,9-15H2,1-4H3,(H2,25,26,32)/t20-/m0/s1. The minimum Gasteiger partial charge on any atom is -0.341 e. The highest BCUT2D eigenvalue weighted by molar-refractivity contribution is 6.30. The summed E-state index contributed by atoms with van der Waals surface area (Å²) in [6.07, 6.45) is 1.52. The summed E-state index contributed by atoms with van der Waals surface area (Å²) in [5.41, 5.74) is 0.142. The Labute approximate surface area is 195 Å². The Morgan fingerprint density at radius 3 is 2.25 bits per heavy atom. The van der Waals surface area contributed by atoms with Crippen LogP contribution in [0.4, 0.5) is 10.5 Å². The van der Waals surface area contributed by atoms with Crippen molar-refractivity contribution in [2.75, 3.05) is 45.1 Å². The largest absolute Gasteiger partial charge is 0.341 e. The first-order valence-corrected chi connectivity index (χ1v) is 11.5. The number of nitrogens with zero attached hydrogens (tertiary/aromatic N) is 3. The van der Waals surface area contributed by atoms with Gasteiger partial charge in [-0.15, -0.1) is 0 Å². The number of hydrogen-bond donors (Lipinski definition) is 2. The molecule has 0 radical (unpaired) electrons. The minimum absolute atomic E-state index is 0.0908. The van der Waals surface area contributed by atoms with Gasteiger partial charge in [-0.3, -0.25) is 14.5 Å². The number of benzene rings is 1. The van der Waals surface area contributed by atoms with E-state index in [9.17, 15) is 14.4 Å². The molecule has 0 aromatic heterocycles. The molecule has 1 atom stereocenters. The summed E-state index contributed by atoms with van der Waals surface area (Å²) >= 11 is 5.89. The molecule has 0 spiro atoms. The summed E-state index contributed by atoms with van der Waals surface area (Å²) in [6.45, 7) is 9.05. The molecule has 2 heterocycles. The molecule has 0 bridgehead atoms. The van der Waals surface area contributed by atoms with Crippen LogP contribution in [-0.2, 0) is 9.59 Å². The minimum atomic E-state index is -0.670. The Hall–Kier alpha value is -2.32. The summed E-state index contributed by atoms with van der Waals surface area (Å²) in [6, 6.07) is 5.88. The lowest BCUT2D eigenvalue weighted by Crippen LogP contribution is -2.59. The van der Waals surface area contributed by atoms with E-state index in [4.69, 9.17) is 11.6 Å². The molecule has 1 aromatic rings. The number of urea groups is 1. The molecular weight excluding hydrogens is 430 g/mol. The Morgan fingerprint density at radius 1 is 1.06 bits per heavy atom. The number of piperidine rings is 1. The van der Waals surface area contributed by atoms with E-state index < -0.39 is 17.5 Å². The summed E-state index contributed by atoms with van der Waals surface area (Å²) in [7, 11) is 1.96. The third-order valence-electron chi connectivity index (χ3n) is 6.16. The lowest BCUT2D eigenvalue weighted by atomic mass is 9.85. The number of likely N-dealkylation sites (tertiary alicyclic amines) is 1. The highest BCUT2D eigenvalue weighted by Gasteiger charge is 2.38. The van der Waals surface area contributed by atoms with Crippen LogP contribution in [0.15, 0.2) is 24.3 Å². The molecule has 2 saturated heterocycles. The average Bonchev–Trinajstić information content (AvgIpc) is 2.73. The molecule has 2 aliphatic rings. The highest BCUT2D eigenvalue weighted by atomic mass is 35.5. The molecule has 2 fully saturated rings. The molecule has 0 unspecified atom stereocenters. The Balaban J connectivity index is 1.58. The quantitative estimate of drug-likeness (QED) is 0.718. The zero-order valence-electron chi connectivity index (χ0n) is 19.4. The molecular formula is C23H34ClN5O3. The predicted octanol–water partition coefficient (Wildman–Crippen LogP) is 2.64. The fourth-order valence-corrected chi connectivity index (χ4v) is 4.38. The van der Waals surface area contributed by atoms with Crippen LogP contribution >= 0.6 is 11.6 Å². The van der Waals surface area contributed by atoms with Gasteiger partial charge in [-0.2, -0.15) is 0 Å². The van der Waals surface area contributed by atoms with Gasteiger partial charge in [0.15, 0.2) is 0 Å². The normalized spacial score (nSPS) is 19.6. The topological polar surface area (TPSA) is 85.0 Å². The van der Waals surface area contributed by atoms with E-state index in [1.165, 1.54) is 0 Å². The lowest BCUT2D eigenvalue weighted by molar-refractivity contribution is -0.141. The number of piperazine rings is 1. The van der Waals surface area contributed by atoms with Crippen molar-refractivity contribution in [2.24, 2.45) is 5.41 Å². The van der Waals surface area contributed by atoms with Gasteiger partial charge in [-0.1, -0.05) is 32.4 Å². The molecule has 3 rings (SSSR count). The van der Waals surface area contributed by atoms with Crippen LogP contribution in [0.5, 0.6) is 0 Å². The van der Waals surface area contributed by atoms with Crippen molar-refractivity contribution in [3.8, 4) is 0 Å². The molecule has 4 amide bonds. The molecule has 2 N–H and O–H groups in total. The summed E-state index contributed by atoms with van der Waals surface area (Å²) in [5.74, 6) is 0.0727. The van der Waals surface area contributed by atoms with Gasteiger partial charge in [0, 0.05) is 42.9 Å². The Kier molecular flexibility index (Phi) is 7.67. The first-order chi connectivity index (χ1) is 15.0. The fourth-order valence-electron chi connectivity index (χ4n) is 4.25. The number of halogens is 1. The monoisotopic (exact) mass is 463 g/mol. The average molecular weight is 464 g/mol. The van der Waals surface area contributed by atoms with E-state index in [1.807, 2.05) is 42.5 Å². The van der Waals surface area contributed by atoms with E-state index in [1.54, 1.807) is 24.3 Å².